The highest BCUT2D eigenvalue weighted by Gasteiger charge is 2.25. The fourth-order valence-corrected chi connectivity index (χ4v) is 6.08. The Bertz CT molecular complexity index is 1540. The monoisotopic (exact) mass is 576 g/mol. The Morgan fingerprint density at radius 1 is 1.06 bits per heavy atom. The Balaban J connectivity index is 1.63. The van der Waals surface area contributed by atoms with E-state index >= 15 is 0 Å². The van der Waals surface area contributed by atoms with Crippen LogP contribution in [0.4, 0.5) is 15.8 Å². The van der Waals surface area contributed by atoms with Gasteiger partial charge in [-0.25, -0.2) is 21.8 Å². The molecule has 0 atom stereocenters. The fraction of sp³-hybridized carbons (Fsp3) is 0.0870. The van der Waals surface area contributed by atoms with Crippen LogP contribution in [0, 0.1) is 5.82 Å². The molecular weight excluding hydrogens is 559 g/mol. The molecule has 0 fully saturated rings. The Morgan fingerprint density at radius 3 is 2.46 bits per heavy atom. The molecule has 1 aromatic heterocycles. The zero-order chi connectivity index (χ0) is 25.2. The predicted octanol–water partition coefficient (Wildman–Crippen LogP) is 4.86. The summed E-state index contributed by atoms with van der Waals surface area (Å²) < 4.78 is 42.7. The van der Waals surface area contributed by atoms with Gasteiger partial charge < -0.3 is 10.6 Å². The molecule has 35 heavy (non-hydrogen) atoms. The number of benzene rings is 3. The van der Waals surface area contributed by atoms with Gasteiger partial charge in [0.05, 0.1) is 27.4 Å². The number of fused-ring (bicyclic) bond motifs is 1. The molecule has 12 heteroatoms. The fourth-order valence-electron chi connectivity index (χ4n) is 3.23. The number of amides is 2. The van der Waals surface area contributed by atoms with Gasteiger partial charge in [-0.1, -0.05) is 39.8 Å². The van der Waals surface area contributed by atoms with Crippen molar-refractivity contribution in [3.63, 3.8) is 0 Å². The molecule has 4 rings (SSSR count). The third-order valence-electron chi connectivity index (χ3n) is 4.74. The number of nitrogens with zero attached hydrogens (tertiary/aromatic N) is 2. The third-order valence-corrected chi connectivity index (χ3v) is 8.01. The number of carbonyl (C=O) groups is 2. The van der Waals surface area contributed by atoms with Crippen LogP contribution in [0.1, 0.15) is 6.92 Å². The summed E-state index contributed by atoms with van der Waals surface area (Å²) in [6, 6.07) is 16.7. The van der Waals surface area contributed by atoms with Crippen molar-refractivity contribution in [3.8, 4) is 0 Å². The van der Waals surface area contributed by atoms with Crippen molar-refractivity contribution in [2.24, 2.45) is 0 Å². The maximum Gasteiger partial charge on any atom is 0.270 e. The van der Waals surface area contributed by atoms with Crippen LogP contribution in [0.15, 0.2) is 81.3 Å². The summed E-state index contributed by atoms with van der Waals surface area (Å²) in [6.45, 7) is 1.35. The number of hydrogen-bond donors (Lipinski definition) is 2. The average molecular weight is 577 g/mol. The van der Waals surface area contributed by atoms with E-state index in [2.05, 4.69) is 31.5 Å². The van der Waals surface area contributed by atoms with Crippen molar-refractivity contribution in [1.29, 1.82) is 0 Å². The number of anilines is 2. The number of hydrogen-bond acceptors (Lipinski definition) is 6. The second kappa shape index (κ2) is 10.2. The maximum atomic E-state index is 14.0. The lowest BCUT2D eigenvalue weighted by molar-refractivity contribution is -0.114. The first-order valence-corrected chi connectivity index (χ1v) is 13.4. The Kier molecular flexibility index (Phi) is 7.24. The van der Waals surface area contributed by atoms with Crippen molar-refractivity contribution in [2.45, 2.75) is 17.0 Å². The van der Waals surface area contributed by atoms with E-state index in [0.717, 1.165) is 15.7 Å². The zero-order valence-corrected chi connectivity index (χ0v) is 21.4. The van der Waals surface area contributed by atoms with E-state index in [1.807, 2.05) is 0 Å². The molecule has 4 aromatic rings. The van der Waals surface area contributed by atoms with Gasteiger partial charge in [-0.05, 0) is 54.6 Å². The van der Waals surface area contributed by atoms with Crippen molar-refractivity contribution in [2.75, 3.05) is 16.4 Å². The minimum Gasteiger partial charge on any atom is -0.326 e. The molecule has 0 bridgehead atoms. The van der Waals surface area contributed by atoms with Crippen LogP contribution in [-0.4, -0.2) is 34.9 Å². The first-order chi connectivity index (χ1) is 16.6. The summed E-state index contributed by atoms with van der Waals surface area (Å²) in [5, 5.41) is 5.15. The molecule has 180 valence electrons. The standard InChI is InChI=1S/C23H18BrFN4O4S2/c1-14(30)26-16-7-9-17(10-8-16)35(32,33)29-21-5-3-2-4-20(21)28-23(29)34-13-22(31)27-19-11-6-15(24)12-18(19)25/h2-12H,13H2,1H3,(H,26,30)(H,27,31). The number of aromatic nitrogens is 2. The van der Waals surface area contributed by atoms with Gasteiger partial charge in [-0.3, -0.25) is 9.59 Å². The third kappa shape index (κ3) is 5.55. The van der Waals surface area contributed by atoms with Crippen molar-refractivity contribution < 1.29 is 22.4 Å². The number of rotatable bonds is 7. The molecule has 2 amide bonds. The van der Waals surface area contributed by atoms with E-state index in [1.54, 1.807) is 30.3 Å². The van der Waals surface area contributed by atoms with Crippen LogP contribution in [0.5, 0.6) is 0 Å². The smallest absolute Gasteiger partial charge is 0.270 e. The molecule has 0 saturated heterocycles. The van der Waals surface area contributed by atoms with Crippen molar-refractivity contribution in [3.05, 3.63) is 77.0 Å². The zero-order valence-electron chi connectivity index (χ0n) is 18.2. The van der Waals surface area contributed by atoms with Gasteiger partial charge in [0.25, 0.3) is 10.0 Å². The molecule has 0 spiro atoms. The van der Waals surface area contributed by atoms with Gasteiger partial charge in [0, 0.05) is 17.1 Å². The van der Waals surface area contributed by atoms with E-state index in [1.165, 1.54) is 43.3 Å². The van der Waals surface area contributed by atoms with Gasteiger partial charge in [-0.15, -0.1) is 0 Å². The van der Waals surface area contributed by atoms with Crippen LogP contribution in [0.25, 0.3) is 11.0 Å². The van der Waals surface area contributed by atoms with Crippen LogP contribution in [0.3, 0.4) is 0 Å². The lowest BCUT2D eigenvalue weighted by Gasteiger charge is -2.11. The van der Waals surface area contributed by atoms with E-state index in [4.69, 9.17) is 0 Å². The largest absolute Gasteiger partial charge is 0.326 e. The molecule has 0 aliphatic carbocycles. The average Bonchev–Trinajstić information content (AvgIpc) is 3.19. The van der Waals surface area contributed by atoms with Crippen LogP contribution in [-0.2, 0) is 19.6 Å². The second-order valence-corrected chi connectivity index (χ2v) is 11.0. The topological polar surface area (TPSA) is 110 Å². The SMILES string of the molecule is CC(=O)Nc1ccc(S(=O)(=O)n2c(SCC(=O)Nc3ccc(Br)cc3F)nc3ccccc32)cc1. The molecule has 3 aromatic carbocycles. The second-order valence-electron chi connectivity index (χ2n) is 7.32. The summed E-state index contributed by atoms with van der Waals surface area (Å²) in [5.41, 5.74) is 1.26. The highest BCUT2D eigenvalue weighted by Crippen LogP contribution is 2.30. The number of nitrogens with one attached hydrogen (secondary N) is 2. The first kappa shape index (κ1) is 24.9. The molecular formula is C23H18BrFN4O4S2. The number of thioether (sulfide) groups is 1. The van der Waals surface area contributed by atoms with Gasteiger partial charge in [0.1, 0.15) is 5.82 Å². The number of para-hydroxylation sites is 2. The maximum absolute atomic E-state index is 14.0. The number of carbonyl (C=O) groups excluding carboxylic acids is 2. The molecule has 2 N–H and O–H groups in total. The van der Waals surface area contributed by atoms with Gasteiger partial charge >= 0.3 is 0 Å². The molecule has 1 heterocycles. The minimum atomic E-state index is -4.09. The van der Waals surface area contributed by atoms with E-state index < -0.39 is 21.7 Å². The minimum absolute atomic E-state index is 0.0131. The molecule has 0 aliphatic heterocycles. The summed E-state index contributed by atoms with van der Waals surface area (Å²) >= 11 is 4.07. The summed E-state index contributed by atoms with van der Waals surface area (Å²) in [7, 11) is -4.09. The highest BCUT2D eigenvalue weighted by molar-refractivity contribution is 9.10. The van der Waals surface area contributed by atoms with Gasteiger partial charge in [-0.2, -0.15) is 0 Å². The van der Waals surface area contributed by atoms with E-state index in [0.29, 0.717) is 21.2 Å². The van der Waals surface area contributed by atoms with Crippen molar-refractivity contribution in [1.82, 2.24) is 8.96 Å². The van der Waals surface area contributed by atoms with Crippen LogP contribution in [0.2, 0.25) is 0 Å². The van der Waals surface area contributed by atoms with Gasteiger partial charge in [0.15, 0.2) is 5.16 Å². The molecule has 0 aliphatic rings. The van der Waals surface area contributed by atoms with Gasteiger partial charge in [0.2, 0.25) is 11.8 Å². The summed E-state index contributed by atoms with van der Waals surface area (Å²) in [4.78, 5) is 28.1. The van der Waals surface area contributed by atoms with Crippen LogP contribution >= 0.6 is 27.7 Å². The lowest BCUT2D eigenvalue weighted by Crippen LogP contribution is -2.17. The van der Waals surface area contributed by atoms with E-state index in [9.17, 15) is 22.4 Å². The first-order valence-electron chi connectivity index (χ1n) is 10.1. The Morgan fingerprint density at radius 2 is 1.77 bits per heavy atom. The predicted molar refractivity (Wildman–Crippen MR) is 137 cm³/mol. The van der Waals surface area contributed by atoms with Crippen LogP contribution < -0.4 is 10.6 Å². The summed E-state index contributed by atoms with van der Waals surface area (Å²) in [5.74, 6) is -1.60. The van der Waals surface area contributed by atoms with Crippen molar-refractivity contribution >= 4 is 71.9 Å². The normalized spacial score (nSPS) is 11.4. The summed E-state index contributed by atoms with van der Waals surface area (Å²) in [6.07, 6.45) is 0. The highest BCUT2D eigenvalue weighted by atomic mass is 79.9. The molecule has 0 saturated carbocycles. The Labute approximate surface area is 213 Å². The van der Waals surface area contributed by atoms with E-state index in [-0.39, 0.29) is 27.4 Å². The quantitative estimate of drug-likeness (QED) is 0.304. The molecule has 0 radical (unpaired) electrons. The Hall–Kier alpha value is -3.22. The lowest BCUT2D eigenvalue weighted by atomic mass is 10.3. The molecule has 0 unspecified atom stereocenters. The molecule has 8 nitrogen and oxygen atoms in total. The number of halogens is 2. The number of imidazole rings is 1.